The largest absolute Gasteiger partial charge is 0.481 e. The summed E-state index contributed by atoms with van der Waals surface area (Å²) in [7, 11) is 0. The van der Waals surface area contributed by atoms with Crippen LogP contribution in [0, 0.1) is 11.8 Å². The van der Waals surface area contributed by atoms with Gasteiger partial charge in [-0.3, -0.25) is 4.79 Å². The van der Waals surface area contributed by atoms with Gasteiger partial charge in [-0.25, -0.2) is 0 Å². The Labute approximate surface area is 88.6 Å². The predicted molar refractivity (Wildman–Crippen MR) is 58.6 cm³/mol. The quantitative estimate of drug-likeness (QED) is 0.814. The van der Waals surface area contributed by atoms with E-state index in [4.69, 9.17) is 5.11 Å². The lowest BCUT2D eigenvalue weighted by Gasteiger charge is -2.13. The molecule has 0 aromatic carbocycles. The second-order valence-electron chi connectivity index (χ2n) is 3.95. The van der Waals surface area contributed by atoms with Crippen LogP contribution in [-0.4, -0.2) is 11.1 Å². The highest BCUT2D eigenvalue weighted by molar-refractivity contribution is 7.09. The van der Waals surface area contributed by atoms with Gasteiger partial charge in [-0.15, -0.1) is 11.3 Å². The lowest BCUT2D eigenvalue weighted by molar-refractivity contribution is -0.142. The molecule has 1 aromatic rings. The van der Waals surface area contributed by atoms with Gasteiger partial charge in [0.2, 0.25) is 0 Å². The average molecular weight is 212 g/mol. The maximum absolute atomic E-state index is 11.0. The highest BCUT2D eigenvalue weighted by Crippen LogP contribution is 2.20. The fourth-order valence-electron chi connectivity index (χ4n) is 1.51. The van der Waals surface area contributed by atoms with E-state index in [0.29, 0.717) is 12.3 Å². The van der Waals surface area contributed by atoms with E-state index < -0.39 is 5.97 Å². The zero-order valence-corrected chi connectivity index (χ0v) is 9.38. The number of hydrogen-bond acceptors (Lipinski definition) is 2. The summed E-state index contributed by atoms with van der Waals surface area (Å²) in [5, 5.41) is 11.0. The van der Waals surface area contributed by atoms with Crippen LogP contribution in [0.15, 0.2) is 17.5 Å². The van der Waals surface area contributed by atoms with Crippen molar-refractivity contribution in [1.29, 1.82) is 0 Å². The molecule has 0 aliphatic heterocycles. The molecule has 3 heteroatoms. The standard InChI is InChI=1S/C11H16O2S/c1-8(2)6-9(11(12)13)7-10-4-3-5-14-10/h3-5,8-9H,6-7H2,1-2H3,(H,12,13). The number of carbonyl (C=O) groups is 1. The molecule has 78 valence electrons. The summed E-state index contributed by atoms with van der Waals surface area (Å²) >= 11 is 1.63. The molecule has 0 bridgehead atoms. The summed E-state index contributed by atoms with van der Waals surface area (Å²) in [6.45, 7) is 4.12. The van der Waals surface area contributed by atoms with Crippen LogP contribution in [0.1, 0.15) is 25.1 Å². The maximum Gasteiger partial charge on any atom is 0.306 e. The highest BCUT2D eigenvalue weighted by Gasteiger charge is 2.19. The molecule has 0 aliphatic rings. The maximum atomic E-state index is 11.0. The Morgan fingerprint density at radius 3 is 2.71 bits per heavy atom. The molecule has 1 unspecified atom stereocenters. The molecule has 0 fully saturated rings. The van der Waals surface area contributed by atoms with Crippen LogP contribution in [-0.2, 0) is 11.2 Å². The zero-order chi connectivity index (χ0) is 10.6. The van der Waals surface area contributed by atoms with Gasteiger partial charge in [0.15, 0.2) is 0 Å². The van der Waals surface area contributed by atoms with Crippen LogP contribution in [0.25, 0.3) is 0 Å². The highest BCUT2D eigenvalue weighted by atomic mass is 32.1. The first-order valence-electron chi connectivity index (χ1n) is 4.84. The Kier molecular flexibility index (Phi) is 4.14. The van der Waals surface area contributed by atoms with Crippen LogP contribution in [0.3, 0.4) is 0 Å². The number of hydrogen-bond donors (Lipinski definition) is 1. The lowest BCUT2D eigenvalue weighted by Crippen LogP contribution is -2.18. The second kappa shape index (κ2) is 5.15. The monoisotopic (exact) mass is 212 g/mol. The number of aliphatic carboxylic acids is 1. The Balaban J connectivity index is 2.56. The van der Waals surface area contributed by atoms with Gasteiger partial charge < -0.3 is 5.11 Å². The molecular formula is C11H16O2S. The summed E-state index contributed by atoms with van der Waals surface area (Å²) in [5.41, 5.74) is 0. The summed E-state index contributed by atoms with van der Waals surface area (Å²) < 4.78 is 0. The van der Waals surface area contributed by atoms with E-state index in [-0.39, 0.29) is 5.92 Å². The van der Waals surface area contributed by atoms with Gasteiger partial charge in [0.05, 0.1) is 5.92 Å². The molecule has 0 spiro atoms. The molecule has 0 radical (unpaired) electrons. The molecular weight excluding hydrogens is 196 g/mol. The Bertz CT molecular complexity index is 277. The van der Waals surface area contributed by atoms with Gasteiger partial charge in [-0.2, -0.15) is 0 Å². The second-order valence-corrected chi connectivity index (χ2v) is 4.98. The molecule has 0 aliphatic carbocycles. The van der Waals surface area contributed by atoms with Crippen LogP contribution in [0.2, 0.25) is 0 Å². The van der Waals surface area contributed by atoms with E-state index in [1.807, 2.05) is 17.5 Å². The van der Waals surface area contributed by atoms with Crippen molar-refractivity contribution in [3.8, 4) is 0 Å². The number of carboxylic acids is 1. The van der Waals surface area contributed by atoms with Crippen molar-refractivity contribution in [3.05, 3.63) is 22.4 Å². The van der Waals surface area contributed by atoms with Crippen LogP contribution < -0.4 is 0 Å². The third kappa shape index (κ3) is 3.50. The first kappa shape index (κ1) is 11.2. The topological polar surface area (TPSA) is 37.3 Å². The molecule has 0 saturated heterocycles. The van der Waals surface area contributed by atoms with E-state index in [0.717, 1.165) is 11.3 Å². The zero-order valence-electron chi connectivity index (χ0n) is 8.56. The molecule has 1 N–H and O–H groups in total. The molecule has 1 atom stereocenters. The van der Waals surface area contributed by atoms with E-state index in [1.165, 1.54) is 0 Å². The Hall–Kier alpha value is -0.830. The Morgan fingerprint density at radius 2 is 2.29 bits per heavy atom. The summed E-state index contributed by atoms with van der Waals surface area (Å²) in [6, 6.07) is 3.97. The third-order valence-electron chi connectivity index (χ3n) is 2.13. The molecule has 2 nitrogen and oxygen atoms in total. The van der Waals surface area contributed by atoms with E-state index in [9.17, 15) is 4.79 Å². The van der Waals surface area contributed by atoms with Crippen LogP contribution in [0.4, 0.5) is 0 Å². The fourth-order valence-corrected chi connectivity index (χ4v) is 2.30. The van der Waals surface area contributed by atoms with E-state index in [2.05, 4.69) is 13.8 Å². The predicted octanol–water partition coefficient (Wildman–Crippen LogP) is 3.04. The van der Waals surface area contributed by atoms with E-state index >= 15 is 0 Å². The minimum absolute atomic E-state index is 0.228. The van der Waals surface area contributed by atoms with Gasteiger partial charge >= 0.3 is 5.97 Å². The molecule has 0 saturated carbocycles. The van der Waals surface area contributed by atoms with Gasteiger partial charge in [0.25, 0.3) is 0 Å². The number of rotatable bonds is 5. The van der Waals surface area contributed by atoms with Gasteiger partial charge in [0, 0.05) is 4.88 Å². The fraction of sp³-hybridized carbons (Fsp3) is 0.545. The van der Waals surface area contributed by atoms with Crippen LogP contribution >= 0.6 is 11.3 Å². The molecule has 1 aromatic heterocycles. The average Bonchev–Trinajstić information content (AvgIpc) is 2.54. The first-order chi connectivity index (χ1) is 6.59. The molecule has 14 heavy (non-hydrogen) atoms. The van der Waals surface area contributed by atoms with Gasteiger partial charge in [-0.1, -0.05) is 19.9 Å². The Morgan fingerprint density at radius 1 is 1.57 bits per heavy atom. The lowest BCUT2D eigenvalue weighted by atomic mass is 9.94. The third-order valence-corrected chi connectivity index (χ3v) is 3.03. The minimum atomic E-state index is -0.674. The van der Waals surface area contributed by atoms with Crippen molar-refractivity contribution in [2.24, 2.45) is 11.8 Å². The molecule has 1 heterocycles. The van der Waals surface area contributed by atoms with Crippen molar-refractivity contribution >= 4 is 17.3 Å². The summed E-state index contributed by atoms with van der Waals surface area (Å²) in [4.78, 5) is 12.1. The summed E-state index contributed by atoms with van der Waals surface area (Å²) in [5.74, 6) is -0.461. The summed E-state index contributed by atoms with van der Waals surface area (Å²) in [6.07, 6.45) is 1.43. The van der Waals surface area contributed by atoms with Crippen molar-refractivity contribution in [3.63, 3.8) is 0 Å². The minimum Gasteiger partial charge on any atom is -0.481 e. The molecule has 0 amide bonds. The smallest absolute Gasteiger partial charge is 0.306 e. The SMILES string of the molecule is CC(C)CC(Cc1cccs1)C(=O)O. The number of thiophene rings is 1. The van der Waals surface area contributed by atoms with Crippen molar-refractivity contribution < 1.29 is 9.90 Å². The van der Waals surface area contributed by atoms with Crippen molar-refractivity contribution in [1.82, 2.24) is 0 Å². The van der Waals surface area contributed by atoms with E-state index in [1.54, 1.807) is 11.3 Å². The van der Waals surface area contributed by atoms with Gasteiger partial charge in [0.1, 0.15) is 0 Å². The normalized spacial score (nSPS) is 13.1. The first-order valence-corrected chi connectivity index (χ1v) is 5.72. The van der Waals surface area contributed by atoms with Crippen LogP contribution in [0.5, 0.6) is 0 Å². The number of carboxylic acid groups (broad SMARTS) is 1. The van der Waals surface area contributed by atoms with Gasteiger partial charge in [-0.05, 0) is 30.2 Å². The molecule has 1 rings (SSSR count). The van der Waals surface area contributed by atoms with Crippen molar-refractivity contribution in [2.75, 3.05) is 0 Å². The van der Waals surface area contributed by atoms with Crippen molar-refractivity contribution in [2.45, 2.75) is 26.7 Å².